The molecular weight excluding hydrogens is 334 g/mol. The van der Waals surface area contributed by atoms with Gasteiger partial charge in [-0.05, 0) is 53.4 Å². The lowest BCUT2D eigenvalue weighted by Gasteiger charge is -2.51. The molecule has 6 nitrogen and oxygen atoms in total. The summed E-state index contributed by atoms with van der Waals surface area (Å²) in [5.41, 5.74) is -0.892. The van der Waals surface area contributed by atoms with E-state index in [0.29, 0.717) is 12.8 Å². The fourth-order valence-electron chi connectivity index (χ4n) is 3.63. The van der Waals surface area contributed by atoms with Crippen molar-refractivity contribution in [1.82, 2.24) is 5.06 Å². The Bertz CT molecular complexity index is 461. The van der Waals surface area contributed by atoms with Crippen LogP contribution in [0, 0.1) is 0 Å². The number of carbonyl (C=O) groups is 2. The standard InChI is InChI=1S/C20H37NO5/c1-19(2)15-14-16(20(3,4)21(19)24)26-18(23)13-11-9-7-6-8-10-12-17(22)25-5/h16,24H,6-15H2,1-5H3. The Kier molecular flexibility index (Phi) is 9.04. The average Bonchev–Trinajstić information content (AvgIpc) is 2.58. The van der Waals surface area contributed by atoms with Crippen LogP contribution in [0.25, 0.3) is 0 Å². The maximum Gasteiger partial charge on any atom is 0.306 e. The van der Waals surface area contributed by atoms with Crippen LogP contribution in [-0.4, -0.2) is 46.5 Å². The van der Waals surface area contributed by atoms with E-state index in [0.717, 1.165) is 51.4 Å². The van der Waals surface area contributed by atoms with E-state index in [-0.39, 0.29) is 23.6 Å². The van der Waals surface area contributed by atoms with Crippen LogP contribution >= 0.6 is 0 Å². The zero-order chi connectivity index (χ0) is 19.8. The summed E-state index contributed by atoms with van der Waals surface area (Å²) < 4.78 is 10.3. The van der Waals surface area contributed by atoms with E-state index in [1.54, 1.807) is 0 Å². The maximum absolute atomic E-state index is 12.1. The number of rotatable bonds is 10. The lowest BCUT2D eigenvalue weighted by atomic mass is 9.80. The molecule has 1 heterocycles. The van der Waals surface area contributed by atoms with Gasteiger partial charge >= 0.3 is 11.9 Å². The van der Waals surface area contributed by atoms with E-state index in [1.165, 1.54) is 12.2 Å². The second kappa shape index (κ2) is 10.3. The van der Waals surface area contributed by atoms with Crippen LogP contribution in [0.1, 0.15) is 91.9 Å². The lowest BCUT2D eigenvalue weighted by molar-refractivity contribution is -0.272. The second-order valence-corrected chi connectivity index (χ2v) is 8.49. The molecule has 1 fully saturated rings. The van der Waals surface area contributed by atoms with Crippen LogP contribution in [0.5, 0.6) is 0 Å². The molecule has 0 saturated carbocycles. The molecule has 0 aliphatic carbocycles. The molecule has 1 aliphatic heterocycles. The molecular formula is C20H37NO5. The highest BCUT2D eigenvalue weighted by atomic mass is 16.6. The van der Waals surface area contributed by atoms with Crippen molar-refractivity contribution < 1.29 is 24.3 Å². The molecule has 1 atom stereocenters. The van der Waals surface area contributed by atoms with Gasteiger partial charge in [0.15, 0.2) is 0 Å². The molecule has 1 N–H and O–H groups in total. The molecule has 152 valence electrons. The number of methoxy groups -OCH3 is 1. The molecule has 0 radical (unpaired) electrons. The maximum atomic E-state index is 12.1. The molecule has 0 aromatic carbocycles. The normalized spacial score (nSPS) is 22.0. The number of esters is 2. The van der Waals surface area contributed by atoms with E-state index in [2.05, 4.69) is 4.74 Å². The zero-order valence-electron chi connectivity index (χ0n) is 17.2. The van der Waals surface area contributed by atoms with E-state index < -0.39 is 5.54 Å². The SMILES string of the molecule is COC(=O)CCCCCCCCC(=O)OC1CCC(C)(C)N(O)C1(C)C. The third-order valence-electron chi connectivity index (χ3n) is 5.44. The number of carbonyl (C=O) groups excluding carboxylic acids is 2. The van der Waals surface area contributed by atoms with E-state index in [1.807, 2.05) is 27.7 Å². The number of hydrogen-bond donors (Lipinski definition) is 1. The first-order valence-corrected chi connectivity index (χ1v) is 9.87. The third-order valence-corrected chi connectivity index (χ3v) is 5.44. The minimum Gasteiger partial charge on any atom is -0.469 e. The summed E-state index contributed by atoms with van der Waals surface area (Å²) in [7, 11) is 1.41. The Morgan fingerprint density at radius 1 is 0.962 bits per heavy atom. The summed E-state index contributed by atoms with van der Waals surface area (Å²) >= 11 is 0. The molecule has 6 heteroatoms. The van der Waals surface area contributed by atoms with Crippen LogP contribution in [0.4, 0.5) is 0 Å². The van der Waals surface area contributed by atoms with Gasteiger partial charge in [-0.1, -0.05) is 25.7 Å². The van der Waals surface area contributed by atoms with Crippen LogP contribution in [0.2, 0.25) is 0 Å². The second-order valence-electron chi connectivity index (χ2n) is 8.49. The highest BCUT2D eigenvalue weighted by Crippen LogP contribution is 2.38. The number of hydrogen-bond acceptors (Lipinski definition) is 6. The van der Waals surface area contributed by atoms with Crippen molar-refractivity contribution in [2.24, 2.45) is 0 Å². The first-order chi connectivity index (χ1) is 12.1. The van der Waals surface area contributed by atoms with Crippen molar-refractivity contribution in [2.45, 2.75) is 109 Å². The predicted octanol–water partition coefficient (Wildman–Crippen LogP) is 4.23. The predicted molar refractivity (Wildman–Crippen MR) is 99.8 cm³/mol. The molecule has 1 aliphatic rings. The molecule has 1 saturated heterocycles. The fourth-order valence-corrected chi connectivity index (χ4v) is 3.63. The Hall–Kier alpha value is -1.14. The lowest BCUT2D eigenvalue weighted by Crippen LogP contribution is -2.63. The topological polar surface area (TPSA) is 76.1 Å². The molecule has 0 spiro atoms. The van der Waals surface area contributed by atoms with Gasteiger partial charge in [0.1, 0.15) is 6.10 Å². The van der Waals surface area contributed by atoms with Crippen molar-refractivity contribution in [2.75, 3.05) is 7.11 Å². The minimum atomic E-state index is -0.586. The Balaban J connectivity index is 2.18. The van der Waals surface area contributed by atoms with Crippen LogP contribution in [0.3, 0.4) is 0 Å². The van der Waals surface area contributed by atoms with Gasteiger partial charge in [-0.2, -0.15) is 5.06 Å². The Morgan fingerprint density at radius 2 is 1.46 bits per heavy atom. The van der Waals surface area contributed by atoms with E-state index in [9.17, 15) is 14.8 Å². The number of unbranched alkanes of at least 4 members (excludes halogenated alkanes) is 5. The number of piperidine rings is 1. The van der Waals surface area contributed by atoms with Crippen molar-refractivity contribution in [3.05, 3.63) is 0 Å². The molecule has 1 unspecified atom stereocenters. The van der Waals surface area contributed by atoms with Crippen LogP contribution < -0.4 is 0 Å². The van der Waals surface area contributed by atoms with Gasteiger partial charge in [0.05, 0.1) is 12.6 Å². The highest BCUT2D eigenvalue weighted by Gasteiger charge is 2.48. The summed E-state index contributed by atoms with van der Waals surface area (Å²) in [6, 6.07) is 0. The van der Waals surface area contributed by atoms with Crippen molar-refractivity contribution >= 4 is 11.9 Å². The smallest absolute Gasteiger partial charge is 0.306 e. The summed E-state index contributed by atoms with van der Waals surface area (Å²) in [6.45, 7) is 7.83. The minimum absolute atomic E-state index is 0.150. The van der Waals surface area contributed by atoms with Crippen molar-refractivity contribution in [3.8, 4) is 0 Å². The van der Waals surface area contributed by atoms with Gasteiger partial charge in [0.2, 0.25) is 0 Å². The van der Waals surface area contributed by atoms with Gasteiger partial charge in [-0.25, -0.2) is 0 Å². The zero-order valence-corrected chi connectivity index (χ0v) is 17.2. The summed E-state index contributed by atoms with van der Waals surface area (Å²) in [6.07, 6.45) is 7.97. The van der Waals surface area contributed by atoms with Gasteiger partial charge in [0, 0.05) is 18.4 Å². The van der Waals surface area contributed by atoms with Gasteiger partial charge in [-0.3, -0.25) is 9.59 Å². The molecule has 26 heavy (non-hydrogen) atoms. The number of hydroxylamine groups is 2. The summed E-state index contributed by atoms with van der Waals surface area (Å²) in [5, 5.41) is 11.8. The Labute approximate surface area is 158 Å². The third kappa shape index (κ3) is 6.88. The number of ether oxygens (including phenoxy) is 2. The van der Waals surface area contributed by atoms with Crippen LogP contribution in [-0.2, 0) is 19.1 Å². The summed E-state index contributed by atoms with van der Waals surface area (Å²) in [4.78, 5) is 23.1. The van der Waals surface area contributed by atoms with E-state index in [4.69, 9.17) is 4.74 Å². The molecule has 0 bridgehead atoms. The molecule has 1 rings (SSSR count). The molecule has 0 amide bonds. The molecule has 0 aromatic rings. The van der Waals surface area contributed by atoms with Gasteiger partial charge < -0.3 is 14.7 Å². The van der Waals surface area contributed by atoms with Gasteiger partial charge in [0.25, 0.3) is 0 Å². The van der Waals surface area contributed by atoms with Crippen LogP contribution in [0.15, 0.2) is 0 Å². The fraction of sp³-hybridized carbons (Fsp3) is 0.900. The van der Waals surface area contributed by atoms with Gasteiger partial charge in [-0.15, -0.1) is 0 Å². The quantitative estimate of drug-likeness (QED) is 0.457. The number of nitrogens with zero attached hydrogens (tertiary/aromatic N) is 1. The first kappa shape index (κ1) is 22.9. The average molecular weight is 372 g/mol. The van der Waals surface area contributed by atoms with Crippen molar-refractivity contribution in [1.29, 1.82) is 0 Å². The summed E-state index contributed by atoms with van der Waals surface area (Å²) in [5.74, 6) is -0.329. The monoisotopic (exact) mass is 371 g/mol. The largest absolute Gasteiger partial charge is 0.469 e. The Morgan fingerprint density at radius 3 is 2.00 bits per heavy atom. The molecule has 0 aromatic heterocycles. The first-order valence-electron chi connectivity index (χ1n) is 9.87. The van der Waals surface area contributed by atoms with Crippen molar-refractivity contribution in [3.63, 3.8) is 0 Å². The highest BCUT2D eigenvalue weighted by molar-refractivity contribution is 5.69. The van der Waals surface area contributed by atoms with E-state index >= 15 is 0 Å².